The fraction of sp³-hybridized carbons (Fsp3) is 0.273. The van der Waals surface area contributed by atoms with E-state index in [1.807, 2.05) is 5.43 Å². The second-order valence-corrected chi connectivity index (χ2v) is 3.41. The minimum atomic E-state index is -0.476. The van der Waals surface area contributed by atoms with Gasteiger partial charge in [-0.2, -0.15) is 0 Å². The zero-order valence-electron chi connectivity index (χ0n) is 9.31. The van der Waals surface area contributed by atoms with Crippen molar-refractivity contribution in [2.45, 2.75) is 12.8 Å². The van der Waals surface area contributed by atoms with Gasteiger partial charge in [-0.15, -0.1) is 0 Å². The standard InChI is InChI=1S/C11H15N3O3/c12-11(16)8-3-5-9(6-4-8)17-7-1-2-10(15)14-13/h3-6H,1-2,7,13H2,(H2,12,16)(H,14,15). The van der Waals surface area contributed by atoms with Crippen molar-refractivity contribution in [2.75, 3.05) is 6.61 Å². The molecule has 6 heteroatoms. The molecular weight excluding hydrogens is 222 g/mol. The van der Waals surface area contributed by atoms with Crippen LogP contribution in [0.25, 0.3) is 0 Å². The predicted octanol–water partition coefficient (Wildman–Crippen LogP) is -0.0656. The molecule has 0 fully saturated rings. The second-order valence-electron chi connectivity index (χ2n) is 3.41. The molecule has 2 amide bonds. The molecule has 0 saturated carbocycles. The van der Waals surface area contributed by atoms with Gasteiger partial charge in [0.15, 0.2) is 0 Å². The maximum absolute atomic E-state index is 10.8. The summed E-state index contributed by atoms with van der Waals surface area (Å²) in [6.07, 6.45) is 0.885. The van der Waals surface area contributed by atoms with E-state index in [4.69, 9.17) is 16.3 Å². The van der Waals surface area contributed by atoms with Gasteiger partial charge < -0.3 is 10.5 Å². The number of hydrogen-bond donors (Lipinski definition) is 3. The number of primary amides is 1. The van der Waals surface area contributed by atoms with Gasteiger partial charge >= 0.3 is 0 Å². The summed E-state index contributed by atoms with van der Waals surface area (Å²) in [4.78, 5) is 21.6. The molecule has 0 atom stereocenters. The van der Waals surface area contributed by atoms with E-state index in [9.17, 15) is 9.59 Å². The van der Waals surface area contributed by atoms with E-state index in [2.05, 4.69) is 0 Å². The van der Waals surface area contributed by atoms with Crippen molar-refractivity contribution in [2.24, 2.45) is 11.6 Å². The Balaban J connectivity index is 2.32. The number of nitrogens with one attached hydrogen (secondary N) is 1. The molecule has 1 rings (SSSR count). The molecule has 0 radical (unpaired) electrons. The fourth-order valence-corrected chi connectivity index (χ4v) is 1.21. The molecule has 17 heavy (non-hydrogen) atoms. The predicted molar refractivity (Wildman–Crippen MR) is 62.0 cm³/mol. The van der Waals surface area contributed by atoms with Crippen LogP contribution in [0.4, 0.5) is 0 Å². The first-order valence-electron chi connectivity index (χ1n) is 5.15. The normalized spacial score (nSPS) is 9.71. The number of carbonyl (C=O) groups excluding carboxylic acids is 2. The molecule has 0 aromatic heterocycles. The van der Waals surface area contributed by atoms with Crippen LogP contribution in [-0.2, 0) is 4.79 Å². The molecule has 92 valence electrons. The Bertz CT molecular complexity index is 389. The number of rotatable bonds is 6. The number of amides is 2. The van der Waals surface area contributed by atoms with Crippen LogP contribution in [0.15, 0.2) is 24.3 Å². The minimum absolute atomic E-state index is 0.224. The number of hydrogen-bond acceptors (Lipinski definition) is 4. The summed E-state index contributed by atoms with van der Waals surface area (Å²) < 4.78 is 5.36. The van der Waals surface area contributed by atoms with Crippen molar-refractivity contribution < 1.29 is 14.3 Å². The Hall–Kier alpha value is -2.08. The van der Waals surface area contributed by atoms with Gasteiger partial charge in [0.25, 0.3) is 0 Å². The fourth-order valence-electron chi connectivity index (χ4n) is 1.21. The first-order valence-corrected chi connectivity index (χ1v) is 5.15. The number of ether oxygens (including phenoxy) is 1. The van der Waals surface area contributed by atoms with Crippen LogP contribution in [0, 0.1) is 0 Å². The molecule has 0 bridgehead atoms. The molecule has 0 aliphatic carbocycles. The first-order chi connectivity index (χ1) is 8.13. The van der Waals surface area contributed by atoms with Crippen molar-refractivity contribution in [3.8, 4) is 5.75 Å². The van der Waals surface area contributed by atoms with Crippen LogP contribution < -0.4 is 21.7 Å². The maximum Gasteiger partial charge on any atom is 0.248 e. The monoisotopic (exact) mass is 237 g/mol. The summed E-state index contributed by atoms with van der Waals surface area (Å²) in [6.45, 7) is 0.406. The number of hydrazine groups is 1. The van der Waals surface area contributed by atoms with Crippen LogP contribution in [-0.4, -0.2) is 18.4 Å². The van der Waals surface area contributed by atoms with Crippen LogP contribution in [0.2, 0.25) is 0 Å². The third-order valence-corrected chi connectivity index (χ3v) is 2.12. The smallest absolute Gasteiger partial charge is 0.248 e. The molecular formula is C11H15N3O3. The second kappa shape index (κ2) is 6.49. The lowest BCUT2D eigenvalue weighted by molar-refractivity contribution is -0.121. The van der Waals surface area contributed by atoms with Gasteiger partial charge in [0.2, 0.25) is 11.8 Å². The van der Waals surface area contributed by atoms with Gasteiger partial charge in [-0.3, -0.25) is 15.0 Å². The largest absolute Gasteiger partial charge is 0.494 e. The van der Waals surface area contributed by atoms with E-state index >= 15 is 0 Å². The van der Waals surface area contributed by atoms with Crippen molar-refractivity contribution in [1.82, 2.24) is 5.43 Å². The van der Waals surface area contributed by atoms with Gasteiger partial charge in [-0.05, 0) is 30.7 Å². The lowest BCUT2D eigenvalue weighted by Crippen LogP contribution is -2.29. The molecule has 1 aromatic carbocycles. The Labute approximate surface area is 98.9 Å². The molecule has 0 unspecified atom stereocenters. The summed E-state index contributed by atoms with van der Waals surface area (Å²) in [5.41, 5.74) is 7.57. The van der Waals surface area contributed by atoms with E-state index < -0.39 is 5.91 Å². The highest BCUT2D eigenvalue weighted by Gasteiger charge is 2.01. The lowest BCUT2D eigenvalue weighted by Gasteiger charge is -2.05. The minimum Gasteiger partial charge on any atom is -0.494 e. The van der Waals surface area contributed by atoms with Gasteiger partial charge in [0.05, 0.1) is 6.61 Å². The summed E-state index contributed by atoms with van der Waals surface area (Å²) in [5.74, 6) is 4.85. The molecule has 0 saturated heterocycles. The van der Waals surface area contributed by atoms with Crippen LogP contribution in [0.5, 0.6) is 5.75 Å². The van der Waals surface area contributed by atoms with E-state index in [1.54, 1.807) is 24.3 Å². The number of nitrogens with two attached hydrogens (primary N) is 2. The summed E-state index contributed by atoms with van der Waals surface area (Å²) in [7, 11) is 0. The third-order valence-electron chi connectivity index (χ3n) is 2.12. The lowest BCUT2D eigenvalue weighted by atomic mass is 10.2. The Morgan fingerprint density at radius 2 is 1.88 bits per heavy atom. The molecule has 1 aromatic rings. The zero-order valence-corrected chi connectivity index (χ0v) is 9.31. The quantitative estimate of drug-likeness (QED) is 0.278. The summed E-state index contributed by atoms with van der Waals surface area (Å²) in [6, 6.07) is 6.49. The highest BCUT2D eigenvalue weighted by Crippen LogP contribution is 2.12. The molecule has 5 N–H and O–H groups in total. The van der Waals surface area contributed by atoms with E-state index in [0.717, 1.165) is 0 Å². The van der Waals surface area contributed by atoms with Crippen molar-refractivity contribution in [3.05, 3.63) is 29.8 Å². The number of benzene rings is 1. The molecule has 0 aliphatic heterocycles. The van der Waals surface area contributed by atoms with Crippen LogP contribution in [0.1, 0.15) is 23.2 Å². The van der Waals surface area contributed by atoms with Crippen LogP contribution >= 0.6 is 0 Å². The SMILES string of the molecule is NNC(=O)CCCOc1ccc(C(N)=O)cc1. The highest BCUT2D eigenvalue weighted by atomic mass is 16.5. The van der Waals surface area contributed by atoms with E-state index in [1.165, 1.54) is 0 Å². The Morgan fingerprint density at radius 3 is 2.41 bits per heavy atom. The van der Waals surface area contributed by atoms with Gasteiger partial charge in [0.1, 0.15) is 5.75 Å². The summed E-state index contributed by atoms with van der Waals surface area (Å²) >= 11 is 0. The maximum atomic E-state index is 10.8. The average Bonchev–Trinajstić information content (AvgIpc) is 2.34. The molecule has 0 aliphatic rings. The Morgan fingerprint density at radius 1 is 1.24 bits per heavy atom. The van der Waals surface area contributed by atoms with Gasteiger partial charge in [-0.1, -0.05) is 0 Å². The molecule has 0 spiro atoms. The zero-order chi connectivity index (χ0) is 12.7. The molecule has 6 nitrogen and oxygen atoms in total. The van der Waals surface area contributed by atoms with Crippen molar-refractivity contribution in [1.29, 1.82) is 0 Å². The third kappa shape index (κ3) is 4.52. The topological polar surface area (TPSA) is 107 Å². The highest BCUT2D eigenvalue weighted by molar-refractivity contribution is 5.92. The Kier molecular flexibility index (Phi) is 4.96. The van der Waals surface area contributed by atoms with Gasteiger partial charge in [-0.25, -0.2) is 5.84 Å². The molecule has 0 heterocycles. The number of carbonyl (C=O) groups is 2. The summed E-state index contributed by atoms with van der Waals surface area (Å²) in [5, 5.41) is 0. The van der Waals surface area contributed by atoms with E-state index in [0.29, 0.717) is 30.8 Å². The van der Waals surface area contributed by atoms with Crippen LogP contribution in [0.3, 0.4) is 0 Å². The average molecular weight is 237 g/mol. The first kappa shape index (κ1) is 13.0. The van der Waals surface area contributed by atoms with Crippen molar-refractivity contribution in [3.63, 3.8) is 0 Å². The van der Waals surface area contributed by atoms with E-state index in [-0.39, 0.29) is 5.91 Å². The van der Waals surface area contributed by atoms with Crippen molar-refractivity contribution >= 4 is 11.8 Å². The van der Waals surface area contributed by atoms with Gasteiger partial charge in [0, 0.05) is 12.0 Å².